The lowest BCUT2D eigenvalue weighted by molar-refractivity contribution is 0.199. The lowest BCUT2D eigenvalue weighted by Crippen LogP contribution is -2.46. The molecule has 160 valence electrons. The molecule has 0 amide bonds. The quantitative estimate of drug-likeness (QED) is 0.651. The third-order valence-corrected chi connectivity index (χ3v) is 5.44. The number of likely N-dealkylation sites (tertiary alicyclic amines) is 1. The van der Waals surface area contributed by atoms with Gasteiger partial charge in [0.2, 0.25) is 0 Å². The zero-order valence-electron chi connectivity index (χ0n) is 17.8. The van der Waals surface area contributed by atoms with Crippen LogP contribution < -0.4 is 16.0 Å². The van der Waals surface area contributed by atoms with Gasteiger partial charge in [0.05, 0.1) is 41.8 Å². The molecule has 0 spiro atoms. The monoisotopic (exact) mass is 410 g/mol. The number of halogens is 1. The van der Waals surface area contributed by atoms with E-state index in [1.807, 2.05) is 37.1 Å². The van der Waals surface area contributed by atoms with Crippen molar-refractivity contribution in [1.82, 2.24) is 20.2 Å². The lowest BCUT2D eigenvalue weighted by Gasteiger charge is -2.35. The van der Waals surface area contributed by atoms with Crippen LogP contribution in [0.2, 0.25) is 0 Å². The normalized spacial score (nSPS) is 15.6. The standard InChI is InChI=1S/C23H31FN6/c1-4-5-6-22-23(12-18(24)13-28-22)29(3)16-30-9-7-19(8-10-30)26-14-20-11-17(2)21(25)15-27-20/h4-6,11-13,15,19,26H,1,7-10,14,16,25H2,2-3H3/b6-5-. The summed E-state index contributed by atoms with van der Waals surface area (Å²) in [7, 11) is 1.97. The first-order chi connectivity index (χ1) is 14.5. The summed E-state index contributed by atoms with van der Waals surface area (Å²) in [5, 5.41) is 3.61. The number of hydrogen-bond donors (Lipinski definition) is 2. The topological polar surface area (TPSA) is 70.3 Å². The third kappa shape index (κ3) is 5.87. The number of nitrogens with zero attached hydrogens (tertiary/aromatic N) is 4. The Hall–Kier alpha value is -2.77. The van der Waals surface area contributed by atoms with E-state index >= 15 is 0 Å². The molecule has 1 aliphatic rings. The van der Waals surface area contributed by atoms with Gasteiger partial charge >= 0.3 is 0 Å². The van der Waals surface area contributed by atoms with Crippen LogP contribution in [0.5, 0.6) is 0 Å². The molecule has 1 fully saturated rings. The molecule has 7 heteroatoms. The Morgan fingerprint density at radius 2 is 2.07 bits per heavy atom. The maximum Gasteiger partial charge on any atom is 0.143 e. The van der Waals surface area contributed by atoms with Gasteiger partial charge in [0.15, 0.2) is 0 Å². The molecule has 30 heavy (non-hydrogen) atoms. The molecule has 0 radical (unpaired) electrons. The van der Waals surface area contributed by atoms with Crippen LogP contribution in [0.1, 0.15) is 29.8 Å². The second-order valence-electron chi connectivity index (χ2n) is 7.80. The maximum atomic E-state index is 13.8. The van der Waals surface area contributed by atoms with E-state index < -0.39 is 0 Å². The number of nitrogen functional groups attached to an aromatic ring is 1. The molecule has 0 aliphatic carbocycles. The fourth-order valence-corrected chi connectivity index (χ4v) is 3.66. The Balaban J connectivity index is 1.51. The number of anilines is 2. The molecule has 0 aromatic carbocycles. The molecule has 2 aromatic rings. The fourth-order valence-electron chi connectivity index (χ4n) is 3.66. The van der Waals surface area contributed by atoms with Crippen molar-refractivity contribution in [2.45, 2.75) is 32.4 Å². The van der Waals surface area contributed by atoms with Crippen LogP contribution in [0.3, 0.4) is 0 Å². The number of allylic oxidation sites excluding steroid dienone is 2. The van der Waals surface area contributed by atoms with Crippen molar-refractivity contribution in [2.75, 3.05) is 37.4 Å². The number of aromatic nitrogens is 2. The fraction of sp³-hybridized carbons (Fsp3) is 0.391. The minimum absolute atomic E-state index is 0.331. The van der Waals surface area contributed by atoms with Gasteiger partial charge in [-0.3, -0.25) is 14.9 Å². The second-order valence-corrected chi connectivity index (χ2v) is 7.80. The van der Waals surface area contributed by atoms with Gasteiger partial charge in [-0.05, 0) is 37.5 Å². The van der Waals surface area contributed by atoms with Gasteiger partial charge < -0.3 is 16.0 Å². The van der Waals surface area contributed by atoms with Crippen LogP contribution in [0.15, 0.2) is 43.3 Å². The van der Waals surface area contributed by atoms with Crippen LogP contribution >= 0.6 is 0 Å². The van der Waals surface area contributed by atoms with Crippen molar-refractivity contribution in [3.63, 3.8) is 0 Å². The summed E-state index contributed by atoms with van der Waals surface area (Å²) >= 11 is 0. The molecular weight excluding hydrogens is 379 g/mol. The highest BCUT2D eigenvalue weighted by Crippen LogP contribution is 2.21. The number of pyridine rings is 2. The Kier molecular flexibility index (Phi) is 7.54. The van der Waals surface area contributed by atoms with E-state index in [1.54, 1.807) is 12.3 Å². The van der Waals surface area contributed by atoms with Crippen LogP contribution in [0.4, 0.5) is 15.8 Å². The lowest BCUT2D eigenvalue weighted by atomic mass is 10.1. The minimum atomic E-state index is -0.331. The number of hydrogen-bond acceptors (Lipinski definition) is 6. The summed E-state index contributed by atoms with van der Waals surface area (Å²) in [5.74, 6) is -0.331. The average Bonchev–Trinajstić information content (AvgIpc) is 2.74. The molecule has 3 rings (SSSR count). The van der Waals surface area contributed by atoms with Gasteiger partial charge in [0, 0.05) is 38.8 Å². The van der Waals surface area contributed by atoms with Crippen molar-refractivity contribution in [3.05, 3.63) is 66.0 Å². The van der Waals surface area contributed by atoms with Gasteiger partial charge in [-0.15, -0.1) is 0 Å². The molecule has 3 N–H and O–H groups in total. The first-order valence-corrected chi connectivity index (χ1v) is 10.3. The molecule has 0 saturated carbocycles. The predicted octanol–water partition coefficient (Wildman–Crippen LogP) is 3.35. The first-order valence-electron chi connectivity index (χ1n) is 10.3. The zero-order valence-corrected chi connectivity index (χ0v) is 17.8. The molecule has 1 saturated heterocycles. The largest absolute Gasteiger partial charge is 0.397 e. The highest BCUT2D eigenvalue weighted by Gasteiger charge is 2.20. The molecular formula is C23H31FN6. The van der Waals surface area contributed by atoms with E-state index in [1.165, 1.54) is 12.3 Å². The Morgan fingerprint density at radius 3 is 2.77 bits per heavy atom. The highest BCUT2D eigenvalue weighted by molar-refractivity contribution is 5.64. The van der Waals surface area contributed by atoms with Crippen molar-refractivity contribution >= 4 is 17.5 Å². The summed E-state index contributed by atoms with van der Waals surface area (Å²) in [5.41, 5.74) is 10.2. The average molecular weight is 411 g/mol. The van der Waals surface area contributed by atoms with Crippen LogP contribution in [-0.2, 0) is 6.54 Å². The smallest absolute Gasteiger partial charge is 0.143 e. The van der Waals surface area contributed by atoms with Crippen molar-refractivity contribution in [1.29, 1.82) is 0 Å². The number of aryl methyl sites for hydroxylation is 1. The van der Waals surface area contributed by atoms with Gasteiger partial charge in [-0.1, -0.05) is 18.7 Å². The van der Waals surface area contributed by atoms with Crippen LogP contribution in [-0.4, -0.2) is 47.7 Å². The molecule has 2 aromatic heterocycles. The van der Waals surface area contributed by atoms with Crippen molar-refractivity contribution in [2.24, 2.45) is 0 Å². The molecule has 0 unspecified atom stereocenters. The Labute approximate surface area is 178 Å². The molecule has 0 bridgehead atoms. The maximum absolute atomic E-state index is 13.8. The summed E-state index contributed by atoms with van der Waals surface area (Å²) in [4.78, 5) is 13.0. The minimum Gasteiger partial charge on any atom is -0.397 e. The highest BCUT2D eigenvalue weighted by atomic mass is 19.1. The van der Waals surface area contributed by atoms with Crippen LogP contribution in [0.25, 0.3) is 6.08 Å². The van der Waals surface area contributed by atoms with Crippen LogP contribution in [0, 0.1) is 12.7 Å². The number of piperidine rings is 1. The SMILES string of the molecule is C=C/C=C\c1ncc(F)cc1N(C)CN1CCC(NCc2cc(C)c(N)cn2)CC1. The second kappa shape index (κ2) is 10.3. The predicted molar refractivity (Wildman–Crippen MR) is 122 cm³/mol. The first kappa shape index (κ1) is 21.9. The van der Waals surface area contributed by atoms with Gasteiger partial charge in [-0.25, -0.2) is 4.39 Å². The van der Waals surface area contributed by atoms with Crippen molar-refractivity contribution in [3.8, 4) is 0 Å². The summed E-state index contributed by atoms with van der Waals surface area (Å²) in [6.45, 7) is 9.13. The van der Waals surface area contributed by atoms with E-state index in [4.69, 9.17) is 5.73 Å². The molecule has 1 aliphatic heterocycles. The molecule has 0 atom stereocenters. The molecule has 6 nitrogen and oxygen atoms in total. The number of rotatable bonds is 8. The van der Waals surface area contributed by atoms with E-state index in [0.29, 0.717) is 6.04 Å². The summed E-state index contributed by atoms with van der Waals surface area (Å²) in [6, 6.07) is 4.04. The Morgan fingerprint density at radius 1 is 1.30 bits per heavy atom. The van der Waals surface area contributed by atoms with E-state index in [2.05, 4.69) is 26.8 Å². The zero-order chi connectivity index (χ0) is 21.5. The Bertz CT molecular complexity index is 889. The van der Waals surface area contributed by atoms with Gasteiger partial charge in [0.25, 0.3) is 0 Å². The number of nitrogens with one attached hydrogen (secondary N) is 1. The van der Waals surface area contributed by atoms with E-state index in [0.717, 1.165) is 67.5 Å². The third-order valence-electron chi connectivity index (χ3n) is 5.44. The van der Waals surface area contributed by atoms with Gasteiger partial charge in [0.1, 0.15) is 5.82 Å². The van der Waals surface area contributed by atoms with Gasteiger partial charge in [-0.2, -0.15) is 0 Å². The molecule has 3 heterocycles. The van der Waals surface area contributed by atoms with E-state index in [9.17, 15) is 4.39 Å². The number of nitrogens with two attached hydrogens (primary N) is 1. The summed E-state index contributed by atoms with van der Waals surface area (Å²) < 4.78 is 13.8. The summed E-state index contributed by atoms with van der Waals surface area (Å²) in [6.07, 6.45) is 10.4. The van der Waals surface area contributed by atoms with Crippen molar-refractivity contribution < 1.29 is 4.39 Å². The van der Waals surface area contributed by atoms with E-state index in [-0.39, 0.29) is 5.82 Å².